The maximum Gasteiger partial charge on any atom is 0.255 e. The normalized spacial score (nSPS) is 11.9. The molecular formula is C21H29IN4O2S. The number of nitrogens with one attached hydrogen (secondary N) is 2. The van der Waals surface area contributed by atoms with E-state index in [2.05, 4.69) is 46.8 Å². The van der Waals surface area contributed by atoms with Crippen LogP contribution >= 0.6 is 35.7 Å². The van der Waals surface area contributed by atoms with Crippen molar-refractivity contribution in [2.24, 2.45) is 10.7 Å². The van der Waals surface area contributed by atoms with Crippen LogP contribution < -0.4 is 21.1 Å². The largest absolute Gasteiger partial charge is 0.484 e. The molecule has 2 aromatic rings. The van der Waals surface area contributed by atoms with Crippen molar-refractivity contribution in [1.29, 1.82) is 0 Å². The average molecular weight is 528 g/mol. The van der Waals surface area contributed by atoms with Crippen molar-refractivity contribution in [1.82, 2.24) is 10.6 Å². The molecule has 2 rings (SSSR count). The molecule has 8 heteroatoms. The molecule has 4 N–H and O–H groups in total. The smallest absolute Gasteiger partial charge is 0.255 e. The summed E-state index contributed by atoms with van der Waals surface area (Å²) in [5, 5.41) is 7.06. The summed E-state index contributed by atoms with van der Waals surface area (Å²) in [4.78, 5) is 16.7. The Morgan fingerprint density at radius 1 is 1.17 bits per heavy atom. The second-order valence-corrected chi connectivity index (χ2v) is 7.73. The minimum atomic E-state index is -0.496. The summed E-state index contributed by atoms with van der Waals surface area (Å²) in [5.74, 6) is 0.883. The SMILES string of the molecule is CCNC(=NCc1cccc(OCC(N)=O)c1)NCC(C)Sc1ccccc1.I. The lowest BCUT2D eigenvalue weighted by Crippen LogP contribution is -2.40. The Morgan fingerprint density at radius 3 is 2.62 bits per heavy atom. The molecule has 29 heavy (non-hydrogen) atoms. The molecule has 6 nitrogen and oxygen atoms in total. The van der Waals surface area contributed by atoms with Crippen molar-refractivity contribution < 1.29 is 9.53 Å². The number of nitrogens with zero attached hydrogens (tertiary/aromatic N) is 1. The molecule has 0 bridgehead atoms. The van der Waals surface area contributed by atoms with E-state index in [-0.39, 0.29) is 30.6 Å². The third-order valence-electron chi connectivity index (χ3n) is 3.68. The van der Waals surface area contributed by atoms with Crippen LogP contribution in [0.4, 0.5) is 0 Å². The topological polar surface area (TPSA) is 88.7 Å². The summed E-state index contributed by atoms with van der Waals surface area (Å²) in [7, 11) is 0. The number of nitrogens with two attached hydrogens (primary N) is 1. The average Bonchev–Trinajstić information content (AvgIpc) is 2.69. The first-order chi connectivity index (χ1) is 13.6. The molecule has 1 unspecified atom stereocenters. The molecule has 1 atom stereocenters. The van der Waals surface area contributed by atoms with E-state index in [1.165, 1.54) is 4.90 Å². The van der Waals surface area contributed by atoms with Gasteiger partial charge in [-0.3, -0.25) is 4.79 Å². The van der Waals surface area contributed by atoms with Crippen LogP contribution in [0.2, 0.25) is 0 Å². The van der Waals surface area contributed by atoms with Crippen LogP contribution in [0.5, 0.6) is 5.75 Å². The van der Waals surface area contributed by atoms with Crippen LogP contribution in [0, 0.1) is 0 Å². The first kappa shape index (κ1) is 25.1. The molecule has 0 aliphatic carbocycles. The number of guanidine groups is 1. The van der Waals surface area contributed by atoms with Crippen molar-refractivity contribution in [2.45, 2.75) is 30.5 Å². The van der Waals surface area contributed by atoms with Crippen molar-refractivity contribution in [3.05, 3.63) is 60.2 Å². The lowest BCUT2D eigenvalue weighted by Gasteiger charge is -2.16. The van der Waals surface area contributed by atoms with E-state index in [1.54, 1.807) is 6.07 Å². The molecule has 0 saturated heterocycles. The van der Waals surface area contributed by atoms with E-state index < -0.39 is 5.91 Å². The predicted octanol–water partition coefficient (Wildman–Crippen LogP) is 3.40. The fourth-order valence-corrected chi connectivity index (χ4v) is 3.36. The quantitative estimate of drug-likeness (QED) is 0.191. The number of carbonyl (C=O) groups excluding carboxylic acids is 1. The summed E-state index contributed by atoms with van der Waals surface area (Å²) >= 11 is 1.83. The van der Waals surface area contributed by atoms with Crippen molar-refractivity contribution in [3.8, 4) is 5.75 Å². The van der Waals surface area contributed by atoms with Gasteiger partial charge < -0.3 is 21.1 Å². The standard InChI is InChI=1S/C21H28N4O2S.HI/c1-3-23-21(24-13-16(2)28-19-10-5-4-6-11-19)25-14-17-8-7-9-18(12-17)27-15-20(22)26;/h4-12,16H,3,13-15H2,1-2H3,(H2,22,26)(H2,23,24,25);1H. The number of hydrogen-bond donors (Lipinski definition) is 3. The highest BCUT2D eigenvalue weighted by Gasteiger charge is 2.06. The van der Waals surface area contributed by atoms with Gasteiger partial charge in [-0.2, -0.15) is 0 Å². The zero-order chi connectivity index (χ0) is 20.2. The molecule has 0 fully saturated rings. The molecule has 1 amide bonds. The third-order valence-corrected chi connectivity index (χ3v) is 4.79. The number of halogens is 1. The van der Waals surface area contributed by atoms with Gasteiger partial charge in [0, 0.05) is 23.2 Å². The molecule has 0 aromatic heterocycles. The molecule has 158 valence electrons. The molecule has 0 saturated carbocycles. The number of aliphatic imine (C=N–C) groups is 1. The predicted molar refractivity (Wildman–Crippen MR) is 131 cm³/mol. The van der Waals surface area contributed by atoms with E-state index >= 15 is 0 Å². The fraction of sp³-hybridized carbons (Fsp3) is 0.333. The molecule has 0 spiro atoms. The Kier molecular flexibility index (Phi) is 12.2. The number of hydrogen-bond acceptors (Lipinski definition) is 4. The number of rotatable bonds is 10. The van der Waals surface area contributed by atoms with E-state index in [0.717, 1.165) is 24.6 Å². The van der Waals surface area contributed by atoms with Crippen LogP contribution in [0.25, 0.3) is 0 Å². The van der Waals surface area contributed by atoms with Crippen molar-refractivity contribution in [3.63, 3.8) is 0 Å². The number of benzene rings is 2. The lowest BCUT2D eigenvalue weighted by molar-refractivity contribution is -0.119. The molecule has 2 aromatic carbocycles. The van der Waals surface area contributed by atoms with Crippen LogP contribution in [0.15, 0.2) is 64.5 Å². The second kappa shape index (κ2) is 14.1. The van der Waals surface area contributed by atoms with Gasteiger partial charge in [-0.1, -0.05) is 37.3 Å². The summed E-state index contributed by atoms with van der Waals surface area (Å²) in [6.45, 7) is 6.18. The highest BCUT2D eigenvalue weighted by molar-refractivity contribution is 14.0. The highest BCUT2D eigenvalue weighted by Crippen LogP contribution is 2.21. The van der Waals surface area contributed by atoms with Crippen LogP contribution in [0.1, 0.15) is 19.4 Å². The number of carbonyl (C=O) groups is 1. The summed E-state index contributed by atoms with van der Waals surface area (Å²) in [6.07, 6.45) is 0. The Morgan fingerprint density at radius 2 is 1.93 bits per heavy atom. The van der Waals surface area contributed by atoms with Gasteiger partial charge in [0.05, 0.1) is 6.54 Å². The Labute approximate surface area is 194 Å². The molecule has 0 aliphatic rings. The zero-order valence-electron chi connectivity index (χ0n) is 16.8. The van der Waals surface area contributed by atoms with Crippen molar-refractivity contribution in [2.75, 3.05) is 19.7 Å². The van der Waals surface area contributed by atoms with Gasteiger partial charge in [-0.05, 0) is 36.8 Å². The number of primary amides is 1. The zero-order valence-corrected chi connectivity index (χ0v) is 19.9. The first-order valence-corrected chi connectivity index (χ1v) is 10.2. The van der Waals surface area contributed by atoms with Gasteiger partial charge in [0.1, 0.15) is 5.75 Å². The first-order valence-electron chi connectivity index (χ1n) is 9.30. The number of ether oxygens (including phenoxy) is 1. The lowest BCUT2D eigenvalue weighted by atomic mass is 10.2. The van der Waals surface area contributed by atoms with Gasteiger partial charge in [-0.25, -0.2) is 4.99 Å². The van der Waals surface area contributed by atoms with E-state index in [1.807, 2.05) is 43.0 Å². The van der Waals surface area contributed by atoms with Crippen molar-refractivity contribution >= 4 is 47.6 Å². The van der Waals surface area contributed by atoms with Crippen LogP contribution in [-0.4, -0.2) is 36.8 Å². The fourth-order valence-electron chi connectivity index (χ4n) is 2.41. The maximum absolute atomic E-state index is 10.8. The second-order valence-electron chi connectivity index (χ2n) is 6.22. The van der Waals surface area contributed by atoms with E-state index in [0.29, 0.717) is 17.5 Å². The monoisotopic (exact) mass is 528 g/mol. The van der Waals surface area contributed by atoms with Crippen LogP contribution in [0.3, 0.4) is 0 Å². The molecule has 0 radical (unpaired) electrons. The summed E-state index contributed by atoms with van der Waals surface area (Å²) in [6, 6.07) is 17.9. The van der Waals surface area contributed by atoms with Gasteiger partial charge in [-0.15, -0.1) is 35.7 Å². The van der Waals surface area contributed by atoms with E-state index in [9.17, 15) is 4.79 Å². The Hall–Kier alpha value is -1.94. The van der Waals surface area contributed by atoms with Gasteiger partial charge in [0.25, 0.3) is 5.91 Å². The summed E-state index contributed by atoms with van der Waals surface area (Å²) in [5.41, 5.74) is 6.10. The van der Waals surface area contributed by atoms with Gasteiger partial charge >= 0.3 is 0 Å². The minimum absolute atomic E-state index is 0. The maximum atomic E-state index is 10.8. The Bertz CT molecular complexity index is 774. The minimum Gasteiger partial charge on any atom is -0.484 e. The van der Waals surface area contributed by atoms with Crippen LogP contribution in [-0.2, 0) is 11.3 Å². The number of amides is 1. The van der Waals surface area contributed by atoms with E-state index in [4.69, 9.17) is 10.5 Å². The Balaban J connectivity index is 0.00000420. The molecule has 0 heterocycles. The van der Waals surface area contributed by atoms with Gasteiger partial charge in [0.2, 0.25) is 0 Å². The molecule has 0 aliphatic heterocycles. The number of thioether (sulfide) groups is 1. The molecular weight excluding hydrogens is 499 g/mol. The third kappa shape index (κ3) is 10.4. The van der Waals surface area contributed by atoms with Gasteiger partial charge in [0.15, 0.2) is 12.6 Å². The summed E-state index contributed by atoms with van der Waals surface area (Å²) < 4.78 is 5.34. The highest BCUT2D eigenvalue weighted by atomic mass is 127.